The van der Waals surface area contributed by atoms with Crippen molar-refractivity contribution in [3.63, 3.8) is 0 Å². The van der Waals surface area contributed by atoms with Gasteiger partial charge in [-0.25, -0.2) is 9.59 Å². The Bertz CT molecular complexity index is 991. The minimum Gasteiger partial charge on any atom is -0.481 e. The van der Waals surface area contributed by atoms with Crippen LogP contribution in [0.15, 0.2) is 30.3 Å². The Hall–Kier alpha value is -2.82. The van der Waals surface area contributed by atoms with Gasteiger partial charge in [0.15, 0.2) is 0 Å². The molecule has 0 atom stereocenters. The average Bonchev–Trinajstić information content (AvgIpc) is 3.09. The fourth-order valence-electron chi connectivity index (χ4n) is 6.05. The molecule has 204 valence electrons. The zero-order chi connectivity index (χ0) is 26.8. The first-order valence-electron chi connectivity index (χ1n) is 12.8. The van der Waals surface area contributed by atoms with Crippen LogP contribution in [0.3, 0.4) is 0 Å². The van der Waals surface area contributed by atoms with Crippen LogP contribution in [0.2, 0.25) is 0 Å². The third kappa shape index (κ3) is 5.56. The molecule has 0 aromatic heterocycles. The lowest BCUT2D eigenvalue weighted by Crippen LogP contribution is -2.57. The number of carbonyl (C=O) groups excluding carboxylic acids is 2. The van der Waals surface area contributed by atoms with Crippen molar-refractivity contribution in [2.45, 2.75) is 68.6 Å². The van der Waals surface area contributed by atoms with Crippen LogP contribution in [0.25, 0.3) is 0 Å². The van der Waals surface area contributed by atoms with E-state index in [-0.39, 0.29) is 19.0 Å². The maximum Gasteiger partial charge on any atom is 0.490 e. The molecule has 1 aromatic rings. The Kier molecular flexibility index (Phi) is 7.73. The van der Waals surface area contributed by atoms with E-state index in [0.717, 1.165) is 24.8 Å². The van der Waals surface area contributed by atoms with Crippen LogP contribution in [0, 0.1) is 5.92 Å². The number of nitrogens with zero attached hydrogens (tertiary/aromatic N) is 3. The normalized spacial score (nSPS) is 26.6. The van der Waals surface area contributed by atoms with Crippen LogP contribution in [-0.4, -0.2) is 82.9 Å². The molecule has 2 amide bonds. The number of amides is 2. The highest BCUT2D eigenvalue weighted by molar-refractivity contribution is 5.79. The van der Waals surface area contributed by atoms with E-state index in [1.54, 1.807) is 16.8 Å². The lowest BCUT2D eigenvalue weighted by molar-refractivity contribution is -0.206. The molecule has 1 aliphatic heterocycles. The van der Waals surface area contributed by atoms with Gasteiger partial charge in [0.1, 0.15) is 6.73 Å². The predicted molar refractivity (Wildman–Crippen MR) is 127 cm³/mol. The van der Waals surface area contributed by atoms with E-state index in [1.807, 2.05) is 35.2 Å². The number of hydrogen-bond donors (Lipinski definition) is 1. The molecule has 0 radical (unpaired) electrons. The molecule has 1 spiro atoms. The number of hydrogen-bond acceptors (Lipinski definition) is 5. The van der Waals surface area contributed by atoms with Crippen LogP contribution in [0.5, 0.6) is 0 Å². The van der Waals surface area contributed by atoms with Gasteiger partial charge in [-0.3, -0.25) is 9.69 Å². The molecular weight excluding hydrogens is 491 g/mol. The molecule has 1 aromatic carbocycles. The number of carbonyl (C=O) groups is 3. The van der Waals surface area contributed by atoms with E-state index >= 15 is 0 Å². The number of carboxylic acid groups (broad SMARTS) is 1. The number of urea groups is 1. The summed E-state index contributed by atoms with van der Waals surface area (Å²) in [7, 11) is 1.65. The SMILES string of the molecule is CN(COC(=O)C(F)(F)F)[C@]1(c2ccccc2)CC[C@]2(CC1)CN(CCC(=O)O)C(=O)N2CC1CCC1. The fraction of sp³-hybridized carbons (Fsp3) is 0.654. The van der Waals surface area contributed by atoms with Crippen molar-refractivity contribution >= 4 is 18.0 Å². The van der Waals surface area contributed by atoms with Crippen LogP contribution in [0.1, 0.15) is 56.9 Å². The zero-order valence-corrected chi connectivity index (χ0v) is 21.0. The number of ether oxygens (including phenoxy) is 1. The molecule has 4 rings (SSSR count). The molecule has 11 heteroatoms. The van der Waals surface area contributed by atoms with Crippen molar-refractivity contribution in [1.29, 1.82) is 0 Å². The van der Waals surface area contributed by atoms with Crippen molar-refractivity contribution in [2.75, 3.05) is 33.4 Å². The van der Waals surface area contributed by atoms with Gasteiger partial charge in [-0.05, 0) is 57.1 Å². The molecule has 2 saturated carbocycles. The van der Waals surface area contributed by atoms with Crippen LogP contribution in [-0.2, 0) is 19.9 Å². The molecular formula is C26H34F3N3O5. The summed E-state index contributed by atoms with van der Waals surface area (Å²) in [6.07, 6.45) is 0.358. The molecule has 0 bridgehead atoms. The average molecular weight is 526 g/mol. The largest absolute Gasteiger partial charge is 0.490 e. The van der Waals surface area contributed by atoms with Crippen molar-refractivity contribution in [3.8, 4) is 0 Å². The second-order valence-corrected chi connectivity index (χ2v) is 10.6. The van der Waals surface area contributed by atoms with Crippen molar-refractivity contribution in [2.24, 2.45) is 5.92 Å². The number of rotatable bonds is 9. The first-order chi connectivity index (χ1) is 17.5. The smallest absolute Gasteiger partial charge is 0.481 e. The van der Waals surface area contributed by atoms with Gasteiger partial charge in [0.25, 0.3) is 0 Å². The number of esters is 1. The predicted octanol–water partition coefficient (Wildman–Crippen LogP) is 4.20. The number of aliphatic carboxylic acids is 1. The highest BCUT2D eigenvalue weighted by Gasteiger charge is 2.55. The lowest BCUT2D eigenvalue weighted by atomic mass is 9.68. The Labute approximate surface area is 214 Å². The van der Waals surface area contributed by atoms with Gasteiger partial charge >= 0.3 is 24.1 Å². The fourth-order valence-corrected chi connectivity index (χ4v) is 6.05. The van der Waals surface area contributed by atoms with Crippen LogP contribution < -0.4 is 0 Å². The standard InChI is InChI=1S/C26H34F3N3O5/c1-30(18-37-22(35)26(27,28)29)25(20-8-3-2-4-9-20)13-11-24(12-14-25)17-31(15-10-21(33)34)23(36)32(24)16-19-6-5-7-19/h2-4,8-9,19H,5-7,10-18H2,1H3,(H,33,34)/t24-,25+. The van der Waals surface area contributed by atoms with E-state index in [0.29, 0.717) is 44.7 Å². The van der Waals surface area contributed by atoms with Gasteiger partial charge in [0, 0.05) is 25.2 Å². The third-order valence-electron chi connectivity index (χ3n) is 8.49. The zero-order valence-electron chi connectivity index (χ0n) is 21.0. The summed E-state index contributed by atoms with van der Waals surface area (Å²) in [5.74, 6) is -2.75. The van der Waals surface area contributed by atoms with Crippen molar-refractivity contribution in [3.05, 3.63) is 35.9 Å². The molecule has 1 heterocycles. The van der Waals surface area contributed by atoms with Crippen molar-refractivity contribution < 1.29 is 37.4 Å². The second kappa shape index (κ2) is 10.5. The number of benzene rings is 1. The molecule has 3 aliphatic rings. The summed E-state index contributed by atoms with van der Waals surface area (Å²) in [6, 6.07) is 9.31. The summed E-state index contributed by atoms with van der Waals surface area (Å²) < 4.78 is 42.9. The molecule has 2 aliphatic carbocycles. The maximum absolute atomic E-state index is 13.4. The van der Waals surface area contributed by atoms with E-state index in [1.165, 1.54) is 0 Å². The van der Waals surface area contributed by atoms with E-state index in [4.69, 9.17) is 5.11 Å². The van der Waals surface area contributed by atoms with Gasteiger partial charge in [-0.2, -0.15) is 13.2 Å². The Balaban J connectivity index is 1.56. The maximum atomic E-state index is 13.4. The van der Waals surface area contributed by atoms with Crippen LogP contribution in [0.4, 0.5) is 18.0 Å². The minimum atomic E-state index is -5.07. The van der Waals surface area contributed by atoms with Gasteiger partial charge < -0.3 is 19.6 Å². The van der Waals surface area contributed by atoms with E-state index in [9.17, 15) is 27.6 Å². The monoisotopic (exact) mass is 525 g/mol. The summed E-state index contributed by atoms with van der Waals surface area (Å²) in [6.45, 7) is 0.702. The quantitative estimate of drug-likeness (QED) is 0.384. The summed E-state index contributed by atoms with van der Waals surface area (Å²) in [5.41, 5.74) is -0.238. The second-order valence-electron chi connectivity index (χ2n) is 10.6. The molecule has 3 fully saturated rings. The topological polar surface area (TPSA) is 90.4 Å². The third-order valence-corrected chi connectivity index (χ3v) is 8.49. The minimum absolute atomic E-state index is 0.125. The Morgan fingerprint density at radius 3 is 2.32 bits per heavy atom. The van der Waals surface area contributed by atoms with Gasteiger partial charge in [-0.1, -0.05) is 36.8 Å². The van der Waals surface area contributed by atoms with Gasteiger partial charge in [0.05, 0.1) is 12.0 Å². The molecule has 0 unspecified atom stereocenters. The Morgan fingerprint density at radius 2 is 1.78 bits per heavy atom. The van der Waals surface area contributed by atoms with Gasteiger partial charge in [-0.15, -0.1) is 0 Å². The molecule has 1 saturated heterocycles. The molecule has 8 nitrogen and oxygen atoms in total. The molecule has 1 N–H and O–H groups in total. The lowest BCUT2D eigenvalue weighted by Gasteiger charge is -2.52. The summed E-state index contributed by atoms with van der Waals surface area (Å²) >= 11 is 0. The number of alkyl halides is 3. The summed E-state index contributed by atoms with van der Waals surface area (Å²) in [4.78, 5) is 41.2. The number of halogens is 3. The van der Waals surface area contributed by atoms with E-state index in [2.05, 4.69) is 4.74 Å². The van der Waals surface area contributed by atoms with E-state index < -0.39 is 35.9 Å². The number of carboxylic acids is 1. The highest BCUT2D eigenvalue weighted by Crippen LogP contribution is 2.50. The summed E-state index contributed by atoms with van der Waals surface area (Å²) in [5, 5.41) is 9.15. The van der Waals surface area contributed by atoms with Crippen molar-refractivity contribution in [1.82, 2.24) is 14.7 Å². The first kappa shape index (κ1) is 27.2. The Morgan fingerprint density at radius 1 is 1.14 bits per heavy atom. The molecule has 37 heavy (non-hydrogen) atoms. The first-order valence-corrected chi connectivity index (χ1v) is 12.8. The van der Waals surface area contributed by atoms with Crippen LogP contribution >= 0.6 is 0 Å². The highest BCUT2D eigenvalue weighted by atomic mass is 19.4. The van der Waals surface area contributed by atoms with Gasteiger partial charge in [0.2, 0.25) is 0 Å².